The highest BCUT2D eigenvalue weighted by atomic mass is 32.2. The maximum Gasteiger partial charge on any atom is 0.375 e. The Morgan fingerprint density at radius 3 is 2.56 bits per heavy atom. The van der Waals surface area contributed by atoms with Gasteiger partial charge in [0.15, 0.2) is 6.61 Å². The topological polar surface area (TPSA) is 106 Å². The molecular weight excluding hydrogens is 432 g/mol. The molecule has 0 unspecified atom stereocenters. The molecule has 4 rings (SSSR count). The molecule has 0 radical (unpaired) electrons. The molecule has 1 aliphatic heterocycles. The van der Waals surface area contributed by atoms with E-state index in [0.29, 0.717) is 29.9 Å². The number of nitrogens with one attached hydrogen (secondary N) is 1. The Bertz CT molecular complexity index is 1260. The minimum Gasteiger partial charge on any atom is -0.450 e. The Hall–Kier alpha value is -3.17. The number of benzene rings is 2. The van der Waals surface area contributed by atoms with Gasteiger partial charge < -0.3 is 14.5 Å². The van der Waals surface area contributed by atoms with E-state index in [2.05, 4.69) is 5.32 Å². The van der Waals surface area contributed by atoms with Gasteiger partial charge >= 0.3 is 5.97 Å². The smallest absolute Gasteiger partial charge is 0.375 e. The summed E-state index contributed by atoms with van der Waals surface area (Å²) in [5, 5.41) is 3.38. The zero-order valence-corrected chi connectivity index (χ0v) is 18.5. The van der Waals surface area contributed by atoms with Crippen molar-refractivity contribution in [2.24, 2.45) is 0 Å². The number of hydrogen-bond acceptors (Lipinski definition) is 6. The van der Waals surface area contributed by atoms with Crippen LogP contribution in [0.2, 0.25) is 0 Å². The maximum atomic E-state index is 12.8. The van der Waals surface area contributed by atoms with Crippen molar-refractivity contribution < 1.29 is 27.2 Å². The number of hydrogen-bond donors (Lipinski definition) is 1. The number of furan rings is 1. The van der Waals surface area contributed by atoms with Crippen molar-refractivity contribution in [1.29, 1.82) is 0 Å². The second-order valence-electron chi connectivity index (χ2n) is 7.67. The van der Waals surface area contributed by atoms with Crippen LogP contribution < -0.4 is 5.32 Å². The summed E-state index contributed by atoms with van der Waals surface area (Å²) >= 11 is 0. The molecule has 3 aromatic rings. The first-order valence-corrected chi connectivity index (χ1v) is 11.9. The summed E-state index contributed by atoms with van der Waals surface area (Å²) in [6.45, 7) is 2.21. The molecule has 1 N–H and O–H groups in total. The fourth-order valence-corrected chi connectivity index (χ4v) is 5.31. The van der Waals surface area contributed by atoms with Crippen LogP contribution in [0, 0.1) is 6.92 Å². The molecule has 1 aromatic heterocycles. The Kier molecular flexibility index (Phi) is 6.29. The minimum absolute atomic E-state index is 0.0497. The number of esters is 1. The largest absolute Gasteiger partial charge is 0.450 e. The summed E-state index contributed by atoms with van der Waals surface area (Å²) < 4.78 is 37.8. The molecule has 1 saturated heterocycles. The fraction of sp³-hybridized carbons (Fsp3) is 0.304. The van der Waals surface area contributed by atoms with Crippen LogP contribution in [-0.4, -0.2) is 44.3 Å². The standard InChI is InChI=1S/C23H24N2O6S/c1-16-19-10-3-4-11-20(19)31-22(16)23(27)30-15-21(26)24-17-8-7-9-18(14-17)32(28,29)25-12-5-2-6-13-25/h3-4,7-11,14H,2,5-6,12-13,15H2,1H3,(H,24,26). The van der Waals surface area contributed by atoms with Gasteiger partial charge in [-0.2, -0.15) is 4.31 Å². The molecule has 1 amide bonds. The summed E-state index contributed by atoms with van der Waals surface area (Å²) in [6, 6.07) is 13.3. The van der Waals surface area contributed by atoms with E-state index in [-0.39, 0.29) is 10.7 Å². The third-order valence-corrected chi connectivity index (χ3v) is 7.33. The molecule has 2 aromatic carbocycles. The average Bonchev–Trinajstić information content (AvgIpc) is 3.15. The Morgan fingerprint density at radius 2 is 1.81 bits per heavy atom. The number of fused-ring (bicyclic) bond motifs is 1. The summed E-state index contributed by atoms with van der Waals surface area (Å²) in [4.78, 5) is 24.8. The minimum atomic E-state index is -3.62. The van der Waals surface area contributed by atoms with Crippen molar-refractivity contribution in [2.75, 3.05) is 25.0 Å². The third-order valence-electron chi connectivity index (χ3n) is 5.43. The van der Waals surface area contributed by atoms with E-state index in [1.807, 2.05) is 12.1 Å². The van der Waals surface area contributed by atoms with Crippen molar-refractivity contribution in [3.8, 4) is 0 Å². The molecule has 2 heterocycles. The molecule has 0 bridgehead atoms. The second kappa shape index (κ2) is 9.13. The van der Waals surface area contributed by atoms with Crippen molar-refractivity contribution in [3.05, 3.63) is 59.9 Å². The number of para-hydroxylation sites is 1. The number of carbonyl (C=O) groups is 2. The quantitative estimate of drug-likeness (QED) is 0.567. The van der Waals surface area contributed by atoms with E-state index >= 15 is 0 Å². The lowest BCUT2D eigenvalue weighted by Gasteiger charge is -2.26. The summed E-state index contributed by atoms with van der Waals surface area (Å²) in [5.74, 6) is -1.27. The van der Waals surface area contributed by atoms with Crippen molar-refractivity contribution in [1.82, 2.24) is 4.31 Å². The molecule has 168 valence electrons. The van der Waals surface area contributed by atoms with Gasteiger partial charge in [-0.05, 0) is 44.0 Å². The number of rotatable bonds is 6. The maximum absolute atomic E-state index is 12.8. The zero-order chi connectivity index (χ0) is 22.7. The van der Waals surface area contributed by atoms with Crippen LogP contribution in [-0.2, 0) is 19.6 Å². The number of sulfonamides is 1. The summed E-state index contributed by atoms with van der Waals surface area (Å²) in [6.07, 6.45) is 2.70. The van der Waals surface area contributed by atoms with Gasteiger partial charge in [-0.15, -0.1) is 0 Å². The van der Waals surface area contributed by atoms with Crippen LogP contribution >= 0.6 is 0 Å². The van der Waals surface area contributed by atoms with Gasteiger partial charge in [-0.1, -0.05) is 30.7 Å². The van der Waals surface area contributed by atoms with E-state index in [1.165, 1.54) is 16.4 Å². The van der Waals surface area contributed by atoms with Crippen molar-refractivity contribution >= 4 is 38.6 Å². The highest BCUT2D eigenvalue weighted by molar-refractivity contribution is 7.89. The van der Waals surface area contributed by atoms with Gasteiger partial charge in [0.2, 0.25) is 15.8 Å². The van der Waals surface area contributed by atoms with Gasteiger partial charge in [0.25, 0.3) is 5.91 Å². The van der Waals surface area contributed by atoms with Crippen LogP contribution in [0.3, 0.4) is 0 Å². The number of ether oxygens (including phenoxy) is 1. The van der Waals surface area contributed by atoms with Gasteiger partial charge in [0.05, 0.1) is 4.90 Å². The fourth-order valence-electron chi connectivity index (χ4n) is 3.75. The number of piperidine rings is 1. The van der Waals surface area contributed by atoms with Crippen LogP contribution in [0.5, 0.6) is 0 Å². The molecule has 32 heavy (non-hydrogen) atoms. The molecule has 8 nitrogen and oxygen atoms in total. The first-order chi connectivity index (χ1) is 15.4. The summed E-state index contributed by atoms with van der Waals surface area (Å²) in [5.41, 5.74) is 1.51. The second-order valence-corrected chi connectivity index (χ2v) is 9.61. The average molecular weight is 457 g/mol. The molecule has 1 aliphatic rings. The van der Waals surface area contributed by atoms with Crippen molar-refractivity contribution in [3.63, 3.8) is 0 Å². The van der Waals surface area contributed by atoms with Crippen LogP contribution in [0.1, 0.15) is 35.4 Å². The predicted molar refractivity (Wildman–Crippen MR) is 119 cm³/mol. The molecule has 0 aliphatic carbocycles. The third kappa shape index (κ3) is 4.53. The molecular formula is C23H24N2O6S. The molecule has 0 atom stereocenters. The first kappa shape index (κ1) is 22.0. The van der Waals surface area contributed by atoms with E-state index < -0.39 is 28.5 Å². The Balaban J connectivity index is 1.39. The van der Waals surface area contributed by atoms with E-state index in [9.17, 15) is 18.0 Å². The lowest BCUT2D eigenvalue weighted by atomic mass is 10.1. The van der Waals surface area contributed by atoms with E-state index in [1.54, 1.807) is 31.2 Å². The van der Waals surface area contributed by atoms with Crippen molar-refractivity contribution in [2.45, 2.75) is 31.1 Å². The number of aryl methyl sites for hydroxylation is 1. The zero-order valence-electron chi connectivity index (χ0n) is 17.7. The van der Waals surface area contributed by atoms with Gasteiger partial charge in [0.1, 0.15) is 5.58 Å². The van der Waals surface area contributed by atoms with Gasteiger partial charge in [-0.25, -0.2) is 13.2 Å². The molecule has 1 fully saturated rings. The highest BCUT2D eigenvalue weighted by Crippen LogP contribution is 2.26. The first-order valence-electron chi connectivity index (χ1n) is 10.4. The Morgan fingerprint density at radius 1 is 1.06 bits per heavy atom. The monoisotopic (exact) mass is 456 g/mol. The summed E-state index contributed by atoms with van der Waals surface area (Å²) in [7, 11) is -3.62. The van der Waals surface area contributed by atoms with Crippen LogP contribution in [0.15, 0.2) is 57.8 Å². The van der Waals surface area contributed by atoms with E-state index in [4.69, 9.17) is 9.15 Å². The normalized spacial score (nSPS) is 14.9. The van der Waals surface area contributed by atoms with Crippen LogP contribution in [0.4, 0.5) is 5.69 Å². The van der Waals surface area contributed by atoms with Crippen LogP contribution in [0.25, 0.3) is 11.0 Å². The lowest BCUT2D eigenvalue weighted by Crippen LogP contribution is -2.35. The predicted octanol–water partition coefficient (Wildman–Crippen LogP) is 3.71. The molecule has 0 spiro atoms. The highest BCUT2D eigenvalue weighted by Gasteiger charge is 2.26. The SMILES string of the molecule is Cc1c(C(=O)OCC(=O)Nc2cccc(S(=O)(=O)N3CCCCC3)c2)oc2ccccc12. The van der Waals surface area contributed by atoms with E-state index in [0.717, 1.165) is 24.6 Å². The number of amides is 1. The van der Waals surface area contributed by atoms with Gasteiger partial charge in [-0.3, -0.25) is 4.79 Å². The number of anilines is 1. The lowest BCUT2D eigenvalue weighted by molar-refractivity contribution is -0.119. The Labute approximate surface area is 186 Å². The number of nitrogens with zero attached hydrogens (tertiary/aromatic N) is 1. The molecule has 0 saturated carbocycles. The molecule has 9 heteroatoms. The van der Waals surface area contributed by atoms with Gasteiger partial charge in [0, 0.05) is 29.7 Å². The number of carbonyl (C=O) groups excluding carboxylic acids is 2.